The smallest absolute Gasteiger partial charge is 0.250 e. The third kappa shape index (κ3) is 4.40. The maximum atomic E-state index is 12.8. The first kappa shape index (κ1) is 20.5. The molecule has 2 saturated heterocycles. The first-order chi connectivity index (χ1) is 13.8. The van der Waals surface area contributed by atoms with Crippen LogP contribution in [0.5, 0.6) is 0 Å². The average molecular weight is 457 g/mol. The monoisotopic (exact) mass is 456 g/mol. The van der Waals surface area contributed by atoms with Crippen molar-refractivity contribution in [2.75, 3.05) is 26.2 Å². The fraction of sp³-hybridized carbons (Fsp3) is 0.500. The number of nitrogens with zero attached hydrogens (tertiary/aromatic N) is 3. The minimum absolute atomic E-state index is 0.00235. The van der Waals surface area contributed by atoms with E-state index in [1.165, 1.54) is 11.0 Å². The van der Waals surface area contributed by atoms with Gasteiger partial charge >= 0.3 is 0 Å². The van der Waals surface area contributed by atoms with E-state index in [0.717, 1.165) is 37.3 Å². The van der Waals surface area contributed by atoms with Gasteiger partial charge in [0.15, 0.2) is 0 Å². The molecule has 4 rings (SSSR count). The molecule has 2 aromatic heterocycles. The number of carbonyl (C=O) groups excluding carboxylic acids is 2. The average Bonchev–Trinajstić information content (AvgIpc) is 3.34. The van der Waals surface area contributed by atoms with Gasteiger partial charge in [-0.25, -0.2) is 13.4 Å². The molecule has 2 aliphatic rings. The van der Waals surface area contributed by atoms with E-state index in [2.05, 4.69) is 9.71 Å². The Bertz CT molecular complexity index is 1050. The maximum Gasteiger partial charge on any atom is 0.250 e. The lowest BCUT2D eigenvalue weighted by atomic mass is 10.1. The number of hydrogen-bond acceptors (Lipinski definition) is 6. The summed E-state index contributed by atoms with van der Waals surface area (Å²) in [5.74, 6) is -0.429. The standard InChI is InChI=1S/C18H21ClN4O4S2/c19-14-6-5-12-10-16(28-17(12)20-14)29(26,27)21-13-4-3-9-23(18(13)25)11-15(24)22-7-1-2-8-22/h5-6,10,13,21H,1-4,7-9,11H2/t13-/m0/s1. The Morgan fingerprint density at radius 1 is 1.24 bits per heavy atom. The zero-order valence-electron chi connectivity index (χ0n) is 15.6. The lowest BCUT2D eigenvalue weighted by Crippen LogP contribution is -2.54. The molecule has 0 radical (unpaired) electrons. The largest absolute Gasteiger partial charge is 0.341 e. The second kappa shape index (κ2) is 8.17. The summed E-state index contributed by atoms with van der Waals surface area (Å²) >= 11 is 6.88. The molecule has 2 amide bonds. The molecule has 4 heterocycles. The van der Waals surface area contributed by atoms with Gasteiger partial charge in [0.05, 0.1) is 6.54 Å². The van der Waals surface area contributed by atoms with Gasteiger partial charge in [0.1, 0.15) is 20.2 Å². The summed E-state index contributed by atoms with van der Waals surface area (Å²) in [6.07, 6.45) is 3.01. The minimum Gasteiger partial charge on any atom is -0.341 e. The molecule has 2 aromatic rings. The topological polar surface area (TPSA) is 99.7 Å². The fourth-order valence-electron chi connectivity index (χ4n) is 3.69. The van der Waals surface area contributed by atoms with Crippen molar-refractivity contribution in [1.82, 2.24) is 19.5 Å². The molecule has 1 atom stereocenters. The van der Waals surface area contributed by atoms with Crippen molar-refractivity contribution in [3.05, 3.63) is 23.4 Å². The van der Waals surface area contributed by atoms with E-state index in [9.17, 15) is 18.0 Å². The van der Waals surface area contributed by atoms with Crippen LogP contribution in [-0.4, -0.2) is 67.2 Å². The fourth-order valence-corrected chi connectivity index (χ4v) is 6.46. The number of hydrogen-bond donors (Lipinski definition) is 1. The van der Waals surface area contributed by atoms with Gasteiger partial charge in [0.2, 0.25) is 11.8 Å². The summed E-state index contributed by atoms with van der Waals surface area (Å²) in [7, 11) is -3.89. The van der Waals surface area contributed by atoms with E-state index in [4.69, 9.17) is 11.6 Å². The Balaban J connectivity index is 1.46. The molecule has 29 heavy (non-hydrogen) atoms. The molecular formula is C18H21ClN4O4S2. The van der Waals surface area contributed by atoms with Crippen LogP contribution >= 0.6 is 22.9 Å². The van der Waals surface area contributed by atoms with Crippen molar-refractivity contribution >= 4 is 55.0 Å². The first-order valence-electron chi connectivity index (χ1n) is 9.48. The maximum absolute atomic E-state index is 12.8. The number of fused-ring (bicyclic) bond motifs is 1. The van der Waals surface area contributed by atoms with Crippen LogP contribution < -0.4 is 4.72 Å². The number of piperidine rings is 1. The zero-order chi connectivity index (χ0) is 20.6. The summed E-state index contributed by atoms with van der Waals surface area (Å²) in [5, 5.41) is 0.963. The van der Waals surface area contributed by atoms with E-state index in [0.29, 0.717) is 29.6 Å². The van der Waals surface area contributed by atoms with E-state index >= 15 is 0 Å². The van der Waals surface area contributed by atoms with Gasteiger partial charge in [-0.1, -0.05) is 11.6 Å². The van der Waals surface area contributed by atoms with Gasteiger partial charge in [0, 0.05) is 25.0 Å². The van der Waals surface area contributed by atoms with Crippen molar-refractivity contribution in [1.29, 1.82) is 0 Å². The number of amides is 2. The van der Waals surface area contributed by atoms with Gasteiger partial charge in [-0.05, 0) is 43.9 Å². The van der Waals surface area contributed by atoms with Gasteiger partial charge in [-0.2, -0.15) is 4.72 Å². The summed E-state index contributed by atoms with van der Waals surface area (Å²) in [5.41, 5.74) is 0. The predicted octanol–water partition coefficient (Wildman–Crippen LogP) is 1.84. The highest BCUT2D eigenvalue weighted by Gasteiger charge is 2.34. The molecule has 0 aromatic carbocycles. The zero-order valence-corrected chi connectivity index (χ0v) is 18.0. The molecule has 1 N–H and O–H groups in total. The molecular weight excluding hydrogens is 436 g/mol. The number of likely N-dealkylation sites (tertiary alicyclic amines) is 2. The Kier molecular flexibility index (Phi) is 5.78. The SMILES string of the molecule is O=C(CN1CCC[C@H](NS(=O)(=O)c2cc3ccc(Cl)nc3s2)C1=O)N1CCCC1. The van der Waals surface area contributed by atoms with Crippen molar-refractivity contribution in [2.45, 2.75) is 35.9 Å². The highest BCUT2D eigenvalue weighted by molar-refractivity contribution is 7.91. The summed E-state index contributed by atoms with van der Waals surface area (Å²) in [6, 6.07) is 3.95. The van der Waals surface area contributed by atoms with Crippen molar-refractivity contribution in [2.24, 2.45) is 0 Å². The van der Waals surface area contributed by atoms with E-state index < -0.39 is 16.1 Å². The lowest BCUT2D eigenvalue weighted by molar-refractivity contribution is -0.142. The molecule has 0 bridgehead atoms. The Morgan fingerprint density at radius 3 is 2.76 bits per heavy atom. The van der Waals surface area contributed by atoms with Crippen molar-refractivity contribution in [3.63, 3.8) is 0 Å². The van der Waals surface area contributed by atoms with Crippen LogP contribution in [0.4, 0.5) is 0 Å². The van der Waals surface area contributed by atoms with Crippen LogP contribution in [0.3, 0.4) is 0 Å². The molecule has 156 valence electrons. The molecule has 2 aliphatic heterocycles. The Hall–Kier alpha value is -1.75. The van der Waals surface area contributed by atoms with Crippen molar-refractivity contribution < 1.29 is 18.0 Å². The van der Waals surface area contributed by atoms with E-state index in [1.807, 2.05) is 0 Å². The number of nitrogens with one attached hydrogen (secondary N) is 1. The molecule has 0 spiro atoms. The minimum atomic E-state index is -3.89. The summed E-state index contributed by atoms with van der Waals surface area (Å²) in [6.45, 7) is 1.91. The quantitative estimate of drug-likeness (QED) is 0.692. The number of pyridine rings is 1. The van der Waals surface area contributed by atoms with Gasteiger partial charge in [-0.3, -0.25) is 9.59 Å². The lowest BCUT2D eigenvalue weighted by Gasteiger charge is -2.32. The van der Waals surface area contributed by atoms with Gasteiger partial charge < -0.3 is 9.80 Å². The molecule has 0 saturated carbocycles. The number of aromatic nitrogens is 1. The van der Waals surface area contributed by atoms with Crippen LogP contribution in [-0.2, 0) is 19.6 Å². The number of rotatable bonds is 5. The van der Waals surface area contributed by atoms with Crippen LogP contribution in [0.25, 0.3) is 10.2 Å². The molecule has 2 fully saturated rings. The van der Waals surface area contributed by atoms with Crippen LogP contribution in [0.2, 0.25) is 5.15 Å². The molecule has 11 heteroatoms. The van der Waals surface area contributed by atoms with Gasteiger partial charge in [0.25, 0.3) is 10.0 Å². The number of sulfonamides is 1. The number of thiophene rings is 1. The van der Waals surface area contributed by atoms with E-state index in [-0.39, 0.29) is 27.7 Å². The normalized spacial score (nSPS) is 20.6. The van der Waals surface area contributed by atoms with Gasteiger partial charge in [-0.15, -0.1) is 11.3 Å². The Labute approximate surface area is 177 Å². The molecule has 0 unspecified atom stereocenters. The Morgan fingerprint density at radius 2 is 2.00 bits per heavy atom. The van der Waals surface area contributed by atoms with Crippen LogP contribution in [0.1, 0.15) is 25.7 Å². The highest BCUT2D eigenvalue weighted by atomic mass is 35.5. The number of carbonyl (C=O) groups is 2. The summed E-state index contributed by atoms with van der Waals surface area (Å²) < 4.78 is 28.3. The van der Waals surface area contributed by atoms with E-state index in [1.54, 1.807) is 17.0 Å². The van der Waals surface area contributed by atoms with Crippen LogP contribution in [0, 0.1) is 0 Å². The third-order valence-corrected chi connectivity index (χ3v) is 8.40. The number of halogens is 1. The third-order valence-electron chi connectivity index (χ3n) is 5.20. The van der Waals surface area contributed by atoms with Crippen molar-refractivity contribution in [3.8, 4) is 0 Å². The second-order valence-corrected chi connectivity index (χ2v) is 10.6. The second-order valence-electron chi connectivity index (χ2n) is 7.26. The predicted molar refractivity (Wildman–Crippen MR) is 110 cm³/mol. The highest BCUT2D eigenvalue weighted by Crippen LogP contribution is 2.29. The molecule has 0 aliphatic carbocycles. The summed E-state index contributed by atoms with van der Waals surface area (Å²) in [4.78, 5) is 33.1. The first-order valence-corrected chi connectivity index (χ1v) is 12.2. The van der Waals surface area contributed by atoms with Crippen LogP contribution in [0.15, 0.2) is 22.4 Å². The molecule has 8 nitrogen and oxygen atoms in total.